The molecule has 1 aromatic rings. The van der Waals surface area contributed by atoms with E-state index in [0.29, 0.717) is 0 Å². The fraction of sp³-hybridized carbons (Fsp3) is 0.286. The molecule has 60 valence electrons. The first-order valence-electron chi connectivity index (χ1n) is 3.08. The van der Waals surface area contributed by atoms with Crippen LogP contribution in [0.15, 0.2) is 18.3 Å². The van der Waals surface area contributed by atoms with Crippen LogP contribution in [0.25, 0.3) is 0 Å². The van der Waals surface area contributed by atoms with E-state index in [-0.39, 0.29) is 11.3 Å². The summed E-state index contributed by atoms with van der Waals surface area (Å²) in [5.74, 6) is 0. The summed E-state index contributed by atoms with van der Waals surface area (Å²) in [5.41, 5.74) is -0.155. The average Bonchev–Trinajstić information content (AvgIpc) is 2.04. The van der Waals surface area contributed by atoms with Crippen molar-refractivity contribution in [1.29, 1.82) is 0 Å². The molecule has 0 atom stereocenters. The van der Waals surface area contributed by atoms with Crippen LogP contribution in [0.4, 0.5) is 8.78 Å². The third-order valence-corrected chi connectivity index (χ3v) is 1.30. The Morgan fingerprint density at radius 2 is 2.27 bits per heavy atom. The summed E-state index contributed by atoms with van der Waals surface area (Å²) < 4.78 is 24.1. The first-order chi connectivity index (χ1) is 5.25. The predicted molar refractivity (Wildman–Crippen MR) is 35.1 cm³/mol. The lowest BCUT2D eigenvalue weighted by Crippen LogP contribution is -1.96. The van der Waals surface area contributed by atoms with Crippen molar-refractivity contribution in [2.24, 2.45) is 0 Å². The Morgan fingerprint density at radius 3 is 2.73 bits per heavy atom. The number of aliphatic hydroxyl groups excluding tert-OH is 1. The highest BCUT2D eigenvalue weighted by Crippen LogP contribution is 2.19. The molecular formula is C7H7F2NO. The van der Waals surface area contributed by atoms with Crippen LogP contribution in [0, 0.1) is 0 Å². The molecule has 0 aliphatic heterocycles. The second-order valence-corrected chi connectivity index (χ2v) is 2.01. The highest BCUT2D eigenvalue weighted by molar-refractivity contribution is 5.19. The minimum Gasteiger partial charge on any atom is -0.392 e. The Hall–Kier alpha value is -1.03. The van der Waals surface area contributed by atoms with Crippen molar-refractivity contribution >= 4 is 0 Å². The number of aromatic nitrogens is 1. The molecule has 11 heavy (non-hydrogen) atoms. The lowest BCUT2D eigenvalue weighted by Gasteiger charge is -2.02. The maximum absolute atomic E-state index is 12.0. The molecule has 0 fully saturated rings. The minimum atomic E-state index is -2.61. The van der Waals surface area contributed by atoms with Gasteiger partial charge in [-0.3, -0.25) is 4.98 Å². The van der Waals surface area contributed by atoms with Crippen LogP contribution in [0.1, 0.15) is 17.7 Å². The number of nitrogens with zero attached hydrogens (tertiary/aromatic N) is 1. The summed E-state index contributed by atoms with van der Waals surface area (Å²) in [6.45, 7) is -0.395. The van der Waals surface area contributed by atoms with Crippen molar-refractivity contribution in [3.05, 3.63) is 29.6 Å². The molecule has 0 saturated carbocycles. The molecule has 2 nitrogen and oxygen atoms in total. The molecule has 1 rings (SSSR count). The van der Waals surface area contributed by atoms with Crippen molar-refractivity contribution in [3.63, 3.8) is 0 Å². The molecule has 0 radical (unpaired) electrons. The van der Waals surface area contributed by atoms with Crippen LogP contribution >= 0.6 is 0 Å². The normalized spacial score (nSPS) is 10.5. The largest absolute Gasteiger partial charge is 0.392 e. The van der Waals surface area contributed by atoms with Gasteiger partial charge in [-0.2, -0.15) is 0 Å². The fourth-order valence-electron chi connectivity index (χ4n) is 0.781. The number of halogens is 2. The van der Waals surface area contributed by atoms with Crippen molar-refractivity contribution in [1.82, 2.24) is 4.98 Å². The topological polar surface area (TPSA) is 33.1 Å². The Morgan fingerprint density at radius 1 is 1.55 bits per heavy atom. The number of alkyl halides is 2. The zero-order valence-corrected chi connectivity index (χ0v) is 5.67. The standard InChI is InChI=1S/C7H7F2NO/c8-7(9)6-5(4-11)2-1-3-10-6/h1-3,7,11H,4H2. The van der Waals surface area contributed by atoms with Crippen LogP contribution in [0.2, 0.25) is 0 Å². The second kappa shape index (κ2) is 3.39. The summed E-state index contributed by atoms with van der Waals surface area (Å²) in [7, 11) is 0. The highest BCUT2D eigenvalue weighted by atomic mass is 19.3. The molecule has 0 aromatic carbocycles. The van der Waals surface area contributed by atoms with Gasteiger partial charge in [-0.25, -0.2) is 8.78 Å². The summed E-state index contributed by atoms with van der Waals surface area (Å²) in [4.78, 5) is 3.44. The molecule has 0 spiro atoms. The van der Waals surface area contributed by atoms with Crippen molar-refractivity contribution in [3.8, 4) is 0 Å². The van der Waals surface area contributed by atoms with Crippen LogP contribution in [0.3, 0.4) is 0 Å². The summed E-state index contributed by atoms with van der Waals surface area (Å²) in [6.07, 6.45) is -1.33. The monoisotopic (exact) mass is 159 g/mol. The number of rotatable bonds is 2. The molecular weight excluding hydrogens is 152 g/mol. The summed E-state index contributed by atoms with van der Waals surface area (Å²) >= 11 is 0. The quantitative estimate of drug-likeness (QED) is 0.709. The summed E-state index contributed by atoms with van der Waals surface area (Å²) in [6, 6.07) is 2.94. The Kier molecular flexibility index (Phi) is 2.48. The van der Waals surface area contributed by atoms with Gasteiger partial charge in [0.1, 0.15) is 5.69 Å². The Labute approximate surface area is 62.5 Å². The fourth-order valence-corrected chi connectivity index (χ4v) is 0.781. The van der Waals surface area contributed by atoms with Crippen LogP contribution in [-0.2, 0) is 6.61 Å². The third-order valence-electron chi connectivity index (χ3n) is 1.30. The Balaban J connectivity index is 3.02. The first kappa shape index (κ1) is 8.07. The van der Waals surface area contributed by atoms with Gasteiger partial charge in [0.15, 0.2) is 0 Å². The molecule has 1 aromatic heterocycles. The van der Waals surface area contributed by atoms with Gasteiger partial charge < -0.3 is 5.11 Å². The first-order valence-corrected chi connectivity index (χ1v) is 3.08. The lowest BCUT2D eigenvalue weighted by molar-refractivity contribution is 0.141. The van der Waals surface area contributed by atoms with Crippen molar-refractivity contribution in [2.75, 3.05) is 0 Å². The number of hydrogen-bond acceptors (Lipinski definition) is 2. The maximum Gasteiger partial charge on any atom is 0.280 e. The van der Waals surface area contributed by atoms with E-state index in [4.69, 9.17) is 5.11 Å². The van der Waals surface area contributed by atoms with E-state index in [2.05, 4.69) is 4.98 Å². The van der Waals surface area contributed by atoms with E-state index in [0.717, 1.165) is 0 Å². The van der Waals surface area contributed by atoms with E-state index >= 15 is 0 Å². The minimum absolute atomic E-state index is 0.183. The van der Waals surface area contributed by atoms with E-state index in [1.165, 1.54) is 18.3 Å². The molecule has 0 unspecified atom stereocenters. The highest BCUT2D eigenvalue weighted by Gasteiger charge is 2.12. The van der Waals surface area contributed by atoms with Crippen molar-refractivity contribution in [2.45, 2.75) is 13.0 Å². The number of hydrogen-bond donors (Lipinski definition) is 1. The second-order valence-electron chi connectivity index (χ2n) is 2.01. The molecule has 0 bridgehead atoms. The van der Waals surface area contributed by atoms with Crippen LogP contribution in [-0.4, -0.2) is 10.1 Å². The van der Waals surface area contributed by atoms with Gasteiger partial charge in [-0.05, 0) is 6.07 Å². The van der Waals surface area contributed by atoms with Gasteiger partial charge in [-0.1, -0.05) is 6.07 Å². The Bertz CT molecular complexity index is 240. The van der Waals surface area contributed by atoms with Crippen LogP contribution in [0.5, 0.6) is 0 Å². The third kappa shape index (κ3) is 1.71. The van der Waals surface area contributed by atoms with Gasteiger partial charge in [0, 0.05) is 11.8 Å². The molecule has 1 N–H and O–H groups in total. The average molecular weight is 159 g/mol. The van der Waals surface area contributed by atoms with Gasteiger partial charge in [0.2, 0.25) is 0 Å². The molecule has 0 aliphatic rings. The SMILES string of the molecule is OCc1cccnc1C(F)F. The van der Waals surface area contributed by atoms with Gasteiger partial charge in [-0.15, -0.1) is 0 Å². The van der Waals surface area contributed by atoms with E-state index in [1.54, 1.807) is 0 Å². The van der Waals surface area contributed by atoms with Crippen molar-refractivity contribution < 1.29 is 13.9 Å². The van der Waals surface area contributed by atoms with E-state index in [9.17, 15) is 8.78 Å². The molecule has 4 heteroatoms. The molecule has 0 amide bonds. The number of pyridine rings is 1. The van der Waals surface area contributed by atoms with E-state index in [1.807, 2.05) is 0 Å². The molecule has 0 saturated heterocycles. The maximum atomic E-state index is 12.0. The smallest absolute Gasteiger partial charge is 0.280 e. The van der Waals surface area contributed by atoms with E-state index < -0.39 is 13.0 Å². The lowest BCUT2D eigenvalue weighted by atomic mass is 10.2. The van der Waals surface area contributed by atoms with Crippen LogP contribution < -0.4 is 0 Å². The molecule has 0 aliphatic carbocycles. The molecule has 1 heterocycles. The zero-order chi connectivity index (χ0) is 8.27. The number of aliphatic hydroxyl groups is 1. The summed E-state index contributed by atoms with van der Waals surface area (Å²) in [5, 5.41) is 8.59. The zero-order valence-electron chi connectivity index (χ0n) is 5.67. The van der Waals surface area contributed by atoms with Gasteiger partial charge in [0.25, 0.3) is 6.43 Å². The predicted octanol–water partition coefficient (Wildman–Crippen LogP) is 1.51. The van der Waals surface area contributed by atoms with Gasteiger partial charge >= 0.3 is 0 Å². The van der Waals surface area contributed by atoms with Gasteiger partial charge in [0.05, 0.1) is 6.61 Å².